The molecule has 1 atom stereocenters. The molecule has 0 rings (SSSR count). The van der Waals surface area contributed by atoms with Gasteiger partial charge in [-0.2, -0.15) is 0 Å². The summed E-state index contributed by atoms with van der Waals surface area (Å²) in [6.45, 7) is 5.96. The number of rotatable bonds is 6. The summed E-state index contributed by atoms with van der Waals surface area (Å²) < 4.78 is 22.5. The average molecular weight is 271 g/mol. The first-order valence-electron chi connectivity index (χ1n) is 4.69. The second-order valence-electron chi connectivity index (χ2n) is 3.68. The topological polar surface area (TPSA) is 34.1 Å². The van der Waals surface area contributed by atoms with Crippen LogP contribution in [0.1, 0.15) is 27.2 Å². The first-order chi connectivity index (χ1) is 5.93. The standard InChI is InChI=1S/C9H19BrO2S/c1-4-13(11,12)6-5-9(7-10)8(2)3/h8-9H,4-7H2,1-3H3. The molecular formula is C9H19BrO2S. The van der Waals surface area contributed by atoms with Crippen LogP contribution in [0.3, 0.4) is 0 Å². The Bertz CT molecular complexity index is 222. The van der Waals surface area contributed by atoms with Crippen molar-refractivity contribution >= 4 is 25.8 Å². The van der Waals surface area contributed by atoms with Gasteiger partial charge in [0.25, 0.3) is 0 Å². The molecule has 80 valence electrons. The molecule has 0 bridgehead atoms. The van der Waals surface area contributed by atoms with Gasteiger partial charge >= 0.3 is 0 Å². The zero-order valence-corrected chi connectivity index (χ0v) is 11.0. The van der Waals surface area contributed by atoms with Gasteiger partial charge in [0, 0.05) is 11.1 Å². The molecular weight excluding hydrogens is 252 g/mol. The van der Waals surface area contributed by atoms with Crippen LogP contribution >= 0.6 is 15.9 Å². The summed E-state index contributed by atoms with van der Waals surface area (Å²) in [4.78, 5) is 0. The minimum absolute atomic E-state index is 0.264. The van der Waals surface area contributed by atoms with E-state index in [1.807, 2.05) is 0 Å². The van der Waals surface area contributed by atoms with Crippen LogP contribution in [0.2, 0.25) is 0 Å². The maximum absolute atomic E-state index is 11.2. The van der Waals surface area contributed by atoms with E-state index in [0.717, 1.165) is 11.8 Å². The normalized spacial score (nSPS) is 14.8. The monoisotopic (exact) mass is 270 g/mol. The van der Waals surface area contributed by atoms with Gasteiger partial charge in [-0.05, 0) is 18.3 Å². The van der Waals surface area contributed by atoms with Crippen molar-refractivity contribution in [2.24, 2.45) is 11.8 Å². The SMILES string of the molecule is CCS(=O)(=O)CCC(CBr)C(C)C. The lowest BCUT2D eigenvalue weighted by molar-refractivity contribution is 0.416. The van der Waals surface area contributed by atoms with Crippen LogP contribution in [0.15, 0.2) is 0 Å². The van der Waals surface area contributed by atoms with E-state index in [0.29, 0.717) is 17.6 Å². The summed E-state index contributed by atoms with van der Waals surface area (Å²) in [7, 11) is -2.78. The predicted molar refractivity (Wildman–Crippen MR) is 61.1 cm³/mol. The van der Waals surface area contributed by atoms with Crippen molar-refractivity contribution in [1.82, 2.24) is 0 Å². The fraction of sp³-hybridized carbons (Fsp3) is 1.00. The summed E-state index contributed by atoms with van der Waals surface area (Å²) in [6, 6.07) is 0. The van der Waals surface area contributed by atoms with Crippen molar-refractivity contribution < 1.29 is 8.42 Å². The zero-order valence-electron chi connectivity index (χ0n) is 8.59. The number of alkyl halides is 1. The number of halogens is 1. The molecule has 0 saturated heterocycles. The van der Waals surface area contributed by atoms with E-state index in [1.165, 1.54) is 0 Å². The number of hydrogen-bond acceptors (Lipinski definition) is 2. The fourth-order valence-corrected chi connectivity index (χ4v) is 3.09. The Morgan fingerprint density at radius 2 is 1.85 bits per heavy atom. The van der Waals surface area contributed by atoms with Gasteiger partial charge in [0.1, 0.15) is 9.84 Å². The molecule has 0 aromatic carbocycles. The van der Waals surface area contributed by atoms with E-state index in [2.05, 4.69) is 29.8 Å². The van der Waals surface area contributed by atoms with Gasteiger partial charge in [-0.15, -0.1) is 0 Å². The van der Waals surface area contributed by atoms with Crippen molar-refractivity contribution in [1.29, 1.82) is 0 Å². The molecule has 2 nitrogen and oxygen atoms in total. The lowest BCUT2D eigenvalue weighted by Gasteiger charge is -2.17. The molecule has 0 spiro atoms. The van der Waals surface area contributed by atoms with E-state index in [-0.39, 0.29) is 5.75 Å². The minimum Gasteiger partial charge on any atom is -0.229 e. The summed E-state index contributed by atoms with van der Waals surface area (Å²) >= 11 is 3.41. The van der Waals surface area contributed by atoms with Crippen molar-refractivity contribution in [3.05, 3.63) is 0 Å². The Kier molecular flexibility index (Phi) is 6.21. The third-order valence-electron chi connectivity index (χ3n) is 2.38. The van der Waals surface area contributed by atoms with Crippen LogP contribution in [0.5, 0.6) is 0 Å². The molecule has 0 aliphatic heterocycles. The maximum atomic E-state index is 11.2. The smallest absolute Gasteiger partial charge is 0.150 e. The van der Waals surface area contributed by atoms with Gasteiger partial charge in [-0.25, -0.2) is 8.42 Å². The van der Waals surface area contributed by atoms with Crippen molar-refractivity contribution in [2.45, 2.75) is 27.2 Å². The van der Waals surface area contributed by atoms with Crippen LogP contribution in [-0.4, -0.2) is 25.3 Å². The van der Waals surface area contributed by atoms with Gasteiger partial charge in [-0.3, -0.25) is 0 Å². The van der Waals surface area contributed by atoms with Crippen LogP contribution in [0.4, 0.5) is 0 Å². The molecule has 0 N–H and O–H groups in total. The van der Waals surface area contributed by atoms with Gasteiger partial charge < -0.3 is 0 Å². The van der Waals surface area contributed by atoms with Gasteiger partial charge in [0.2, 0.25) is 0 Å². The summed E-state index contributed by atoms with van der Waals surface area (Å²) in [5.74, 6) is 1.62. The Labute approximate surface area is 90.2 Å². The maximum Gasteiger partial charge on any atom is 0.150 e. The Balaban J connectivity index is 4.00. The van der Waals surface area contributed by atoms with Gasteiger partial charge in [0.05, 0.1) is 5.75 Å². The van der Waals surface area contributed by atoms with E-state index in [4.69, 9.17) is 0 Å². The van der Waals surface area contributed by atoms with Crippen LogP contribution in [-0.2, 0) is 9.84 Å². The molecule has 0 fully saturated rings. The fourth-order valence-electron chi connectivity index (χ4n) is 1.06. The molecule has 0 radical (unpaired) electrons. The number of sulfone groups is 1. The second-order valence-corrected chi connectivity index (χ2v) is 6.80. The molecule has 0 aromatic rings. The van der Waals surface area contributed by atoms with E-state index in [1.54, 1.807) is 6.92 Å². The quantitative estimate of drug-likeness (QED) is 0.695. The van der Waals surface area contributed by atoms with E-state index in [9.17, 15) is 8.42 Å². The van der Waals surface area contributed by atoms with Gasteiger partial charge in [-0.1, -0.05) is 36.7 Å². The lowest BCUT2D eigenvalue weighted by Crippen LogP contribution is -2.17. The van der Waals surface area contributed by atoms with E-state index >= 15 is 0 Å². The Hall–Kier alpha value is 0.430. The third-order valence-corrected chi connectivity index (χ3v) is 4.95. The molecule has 1 unspecified atom stereocenters. The van der Waals surface area contributed by atoms with Crippen molar-refractivity contribution in [2.75, 3.05) is 16.8 Å². The first kappa shape index (κ1) is 13.4. The Morgan fingerprint density at radius 1 is 1.31 bits per heavy atom. The molecule has 0 aliphatic rings. The summed E-state index contributed by atoms with van der Waals surface area (Å²) in [5, 5.41) is 0.893. The highest BCUT2D eigenvalue weighted by atomic mass is 79.9. The van der Waals surface area contributed by atoms with Crippen LogP contribution in [0, 0.1) is 11.8 Å². The van der Waals surface area contributed by atoms with Gasteiger partial charge in [0.15, 0.2) is 0 Å². The van der Waals surface area contributed by atoms with Crippen LogP contribution in [0.25, 0.3) is 0 Å². The zero-order chi connectivity index (χ0) is 10.5. The highest BCUT2D eigenvalue weighted by molar-refractivity contribution is 9.09. The van der Waals surface area contributed by atoms with Crippen LogP contribution < -0.4 is 0 Å². The lowest BCUT2D eigenvalue weighted by atomic mass is 9.96. The molecule has 0 aliphatic carbocycles. The minimum atomic E-state index is -2.78. The number of hydrogen-bond donors (Lipinski definition) is 0. The largest absolute Gasteiger partial charge is 0.229 e. The molecule has 0 aromatic heterocycles. The average Bonchev–Trinajstić information content (AvgIpc) is 2.05. The van der Waals surface area contributed by atoms with Crippen molar-refractivity contribution in [3.8, 4) is 0 Å². The highest BCUT2D eigenvalue weighted by Gasteiger charge is 2.15. The predicted octanol–water partition coefficient (Wildman–Crippen LogP) is 2.48. The summed E-state index contributed by atoms with van der Waals surface area (Å²) in [6.07, 6.45) is 0.777. The third kappa shape index (κ3) is 5.68. The molecule has 0 amide bonds. The van der Waals surface area contributed by atoms with E-state index < -0.39 is 9.84 Å². The molecule has 4 heteroatoms. The molecule has 0 heterocycles. The second kappa shape index (κ2) is 6.02. The molecule has 13 heavy (non-hydrogen) atoms. The Morgan fingerprint density at radius 3 is 2.15 bits per heavy atom. The van der Waals surface area contributed by atoms with Crippen molar-refractivity contribution in [3.63, 3.8) is 0 Å². The highest BCUT2D eigenvalue weighted by Crippen LogP contribution is 2.18. The summed E-state index contributed by atoms with van der Waals surface area (Å²) in [5.41, 5.74) is 0. The molecule has 0 saturated carbocycles. The first-order valence-corrected chi connectivity index (χ1v) is 7.63.